The molecule has 2 atom stereocenters. The molecule has 2 unspecified atom stereocenters. The predicted octanol–water partition coefficient (Wildman–Crippen LogP) is 3.59. The largest absolute Gasteiger partial charge is 0.491 e. The lowest BCUT2D eigenvalue weighted by Crippen LogP contribution is -2.55. The first-order valence-corrected chi connectivity index (χ1v) is 8.04. The molecule has 1 aromatic carbocycles. The lowest BCUT2D eigenvalue weighted by atomic mass is 9.56. The quantitative estimate of drug-likeness (QED) is 0.742. The molecule has 1 N–H and O–H groups in total. The summed E-state index contributed by atoms with van der Waals surface area (Å²) in [6.07, 6.45) is 2.43. The topological polar surface area (TPSA) is 30.5 Å². The molecular formula is C18H29NO2. The van der Waals surface area contributed by atoms with Crippen LogP contribution in [0, 0.1) is 5.41 Å². The standard InChI is InChI=1S/C18H29NO2/c1-5-10-19-17-13-16(18(17,2)3)14-6-8-15(9-7-14)21-12-11-20-4/h6-9,16-17,19H,5,10-13H2,1-4H3. The van der Waals surface area contributed by atoms with E-state index >= 15 is 0 Å². The van der Waals surface area contributed by atoms with Gasteiger partial charge in [-0.1, -0.05) is 32.9 Å². The molecule has 118 valence electrons. The van der Waals surface area contributed by atoms with Gasteiger partial charge in [-0.2, -0.15) is 0 Å². The van der Waals surface area contributed by atoms with E-state index in [9.17, 15) is 0 Å². The zero-order valence-electron chi connectivity index (χ0n) is 13.8. The van der Waals surface area contributed by atoms with E-state index in [-0.39, 0.29) is 0 Å². The predicted molar refractivity (Wildman–Crippen MR) is 87.0 cm³/mol. The van der Waals surface area contributed by atoms with Crippen molar-refractivity contribution in [3.8, 4) is 5.75 Å². The van der Waals surface area contributed by atoms with Crippen molar-refractivity contribution in [3.63, 3.8) is 0 Å². The lowest BCUT2D eigenvalue weighted by molar-refractivity contribution is 0.0694. The van der Waals surface area contributed by atoms with Crippen molar-refractivity contribution < 1.29 is 9.47 Å². The van der Waals surface area contributed by atoms with E-state index in [1.165, 1.54) is 18.4 Å². The van der Waals surface area contributed by atoms with Crippen LogP contribution >= 0.6 is 0 Å². The Kier molecular flexibility index (Phi) is 5.65. The van der Waals surface area contributed by atoms with Gasteiger partial charge in [0.2, 0.25) is 0 Å². The van der Waals surface area contributed by atoms with Gasteiger partial charge in [0, 0.05) is 13.2 Å². The number of rotatable bonds is 8. The molecule has 0 radical (unpaired) electrons. The number of hydrogen-bond donors (Lipinski definition) is 1. The van der Waals surface area contributed by atoms with Crippen molar-refractivity contribution in [1.29, 1.82) is 0 Å². The Morgan fingerprint density at radius 3 is 2.48 bits per heavy atom. The highest BCUT2D eigenvalue weighted by atomic mass is 16.5. The molecule has 0 saturated heterocycles. The van der Waals surface area contributed by atoms with Crippen molar-refractivity contribution in [2.24, 2.45) is 5.41 Å². The Morgan fingerprint density at radius 2 is 1.90 bits per heavy atom. The van der Waals surface area contributed by atoms with E-state index in [0.717, 1.165) is 12.3 Å². The van der Waals surface area contributed by atoms with Crippen LogP contribution in [-0.2, 0) is 4.74 Å². The van der Waals surface area contributed by atoms with Crippen LogP contribution in [0.3, 0.4) is 0 Å². The first kappa shape index (κ1) is 16.3. The molecule has 0 bridgehead atoms. The van der Waals surface area contributed by atoms with Gasteiger partial charge in [0.25, 0.3) is 0 Å². The molecule has 0 spiro atoms. The van der Waals surface area contributed by atoms with Crippen molar-refractivity contribution in [3.05, 3.63) is 29.8 Å². The van der Waals surface area contributed by atoms with Gasteiger partial charge in [0.05, 0.1) is 6.61 Å². The summed E-state index contributed by atoms with van der Waals surface area (Å²) >= 11 is 0. The second kappa shape index (κ2) is 7.28. The van der Waals surface area contributed by atoms with E-state index < -0.39 is 0 Å². The van der Waals surface area contributed by atoms with Crippen LogP contribution in [0.5, 0.6) is 5.75 Å². The summed E-state index contributed by atoms with van der Waals surface area (Å²) in [5.41, 5.74) is 1.75. The maximum Gasteiger partial charge on any atom is 0.119 e. The average molecular weight is 291 g/mol. The third-order valence-corrected chi connectivity index (χ3v) is 4.75. The van der Waals surface area contributed by atoms with Crippen LogP contribution in [0.2, 0.25) is 0 Å². The highest BCUT2D eigenvalue weighted by Gasteiger charge is 2.48. The fourth-order valence-electron chi connectivity index (χ4n) is 3.20. The molecule has 1 aromatic rings. The third-order valence-electron chi connectivity index (χ3n) is 4.75. The number of ether oxygens (including phenoxy) is 2. The maximum atomic E-state index is 5.62. The summed E-state index contributed by atoms with van der Waals surface area (Å²) in [6.45, 7) is 9.32. The van der Waals surface area contributed by atoms with Gasteiger partial charge in [0.15, 0.2) is 0 Å². The first-order valence-electron chi connectivity index (χ1n) is 8.04. The van der Waals surface area contributed by atoms with E-state index in [1.807, 2.05) is 0 Å². The highest BCUT2D eigenvalue weighted by molar-refractivity contribution is 5.33. The van der Waals surface area contributed by atoms with Gasteiger partial charge in [0.1, 0.15) is 12.4 Å². The number of methoxy groups -OCH3 is 1. The number of benzene rings is 1. The number of hydrogen-bond acceptors (Lipinski definition) is 3. The van der Waals surface area contributed by atoms with Crippen LogP contribution in [0.1, 0.15) is 45.1 Å². The van der Waals surface area contributed by atoms with Gasteiger partial charge in [-0.25, -0.2) is 0 Å². The minimum absolute atomic E-state index is 0.327. The minimum atomic E-state index is 0.327. The van der Waals surface area contributed by atoms with E-state index in [4.69, 9.17) is 9.47 Å². The Balaban J connectivity index is 1.91. The molecule has 0 amide bonds. The Hall–Kier alpha value is -1.06. The van der Waals surface area contributed by atoms with Gasteiger partial charge < -0.3 is 14.8 Å². The Morgan fingerprint density at radius 1 is 1.19 bits per heavy atom. The van der Waals surface area contributed by atoms with Crippen LogP contribution in [-0.4, -0.2) is 32.9 Å². The first-order chi connectivity index (χ1) is 10.1. The second-order valence-electron chi connectivity index (χ2n) is 6.53. The molecule has 21 heavy (non-hydrogen) atoms. The molecule has 0 aromatic heterocycles. The SMILES string of the molecule is CCCNC1CC(c2ccc(OCCOC)cc2)C1(C)C. The van der Waals surface area contributed by atoms with Gasteiger partial charge in [-0.15, -0.1) is 0 Å². The maximum absolute atomic E-state index is 5.62. The van der Waals surface area contributed by atoms with Crippen molar-refractivity contribution in [1.82, 2.24) is 5.32 Å². The summed E-state index contributed by atoms with van der Waals surface area (Å²) in [7, 11) is 1.69. The Bertz CT molecular complexity index is 427. The zero-order chi connectivity index (χ0) is 15.3. The van der Waals surface area contributed by atoms with E-state index in [0.29, 0.717) is 30.6 Å². The van der Waals surface area contributed by atoms with Crippen molar-refractivity contribution in [2.75, 3.05) is 26.9 Å². The molecule has 0 heterocycles. The fraction of sp³-hybridized carbons (Fsp3) is 0.667. The van der Waals surface area contributed by atoms with Crippen LogP contribution in [0.4, 0.5) is 0 Å². The smallest absolute Gasteiger partial charge is 0.119 e. The number of nitrogens with one attached hydrogen (secondary N) is 1. The molecule has 1 fully saturated rings. The zero-order valence-corrected chi connectivity index (χ0v) is 13.8. The average Bonchev–Trinajstić information content (AvgIpc) is 2.48. The molecule has 3 heteroatoms. The van der Waals surface area contributed by atoms with Crippen LogP contribution in [0.15, 0.2) is 24.3 Å². The molecular weight excluding hydrogens is 262 g/mol. The van der Waals surface area contributed by atoms with Crippen molar-refractivity contribution in [2.45, 2.75) is 45.6 Å². The van der Waals surface area contributed by atoms with E-state index in [1.54, 1.807) is 7.11 Å². The van der Waals surface area contributed by atoms with Crippen LogP contribution < -0.4 is 10.1 Å². The summed E-state index contributed by atoms with van der Waals surface area (Å²) in [5, 5.41) is 3.67. The normalized spacial score (nSPS) is 23.6. The van der Waals surface area contributed by atoms with Gasteiger partial charge in [-0.05, 0) is 48.4 Å². The summed E-state index contributed by atoms with van der Waals surface area (Å²) in [6, 6.07) is 9.22. The van der Waals surface area contributed by atoms with Crippen molar-refractivity contribution >= 4 is 0 Å². The second-order valence-corrected chi connectivity index (χ2v) is 6.53. The summed E-state index contributed by atoms with van der Waals surface area (Å²) in [4.78, 5) is 0. The highest BCUT2D eigenvalue weighted by Crippen LogP contribution is 2.52. The van der Waals surface area contributed by atoms with E-state index in [2.05, 4.69) is 50.4 Å². The summed E-state index contributed by atoms with van der Waals surface area (Å²) in [5.74, 6) is 1.56. The van der Waals surface area contributed by atoms with Crippen LogP contribution in [0.25, 0.3) is 0 Å². The summed E-state index contributed by atoms with van der Waals surface area (Å²) < 4.78 is 10.6. The fourth-order valence-corrected chi connectivity index (χ4v) is 3.20. The molecule has 2 rings (SSSR count). The Labute approximate surface area is 129 Å². The van der Waals surface area contributed by atoms with Gasteiger partial charge >= 0.3 is 0 Å². The third kappa shape index (κ3) is 3.78. The minimum Gasteiger partial charge on any atom is -0.491 e. The monoisotopic (exact) mass is 291 g/mol. The molecule has 1 aliphatic carbocycles. The molecule has 1 saturated carbocycles. The lowest BCUT2D eigenvalue weighted by Gasteiger charge is -2.53. The molecule has 0 aliphatic heterocycles. The molecule has 1 aliphatic rings. The molecule has 3 nitrogen and oxygen atoms in total. The van der Waals surface area contributed by atoms with Gasteiger partial charge in [-0.3, -0.25) is 0 Å².